The highest BCUT2D eigenvalue weighted by atomic mass is 32.2. The van der Waals surface area contributed by atoms with Gasteiger partial charge < -0.3 is 4.98 Å². The van der Waals surface area contributed by atoms with Crippen LogP contribution >= 0.6 is 11.3 Å². The van der Waals surface area contributed by atoms with Crippen molar-refractivity contribution in [1.29, 1.82) is 0 Å². The Morgan fingerprint density at radius 1 is 1.35 bits per heavy atom. The Kier molecular flexibility index (Phi) is 2.98. The number of nitrogens with one attached hydrogen (secondary N) is 1. The summed E-state index contributed by atoms with van der Waals surface area (Å²) in [7, 11) is -3.69. The van der Waals surface area contributed by atoms with Crippen LogP contribution in [-0.2, 0) is 16.4 Å². The number of anilines is 1. The predicted molar refractivity (Wildman–Crippen MR) is 78.9 cm³/mol. The molecule has 106 valence electrons. The molecule has 0 saturated carbocycles. The maximum absolute atomic E-state index is 12.8. The van der Waals surface area contributed by atoms with Crippen LogP contribution in [0.3, 0.4) is 0 Å². The van der Waals surface area contributed by atoms with Crippen molar-refractivity contribution in [3.8, 4) is 0 Å². The van der Waals surface area contributed by atoms with E-state index in [9.17, 15) is 13.2 Å². The number of aromatic nitrogens is 1. The molecule has 1 aromatic carbocycles. The van der Waals surface area contributed by atoms with Gasteiger partial charge in [0.05, 0.1) is 5.69 Å². The number of sulfonamides is 1. The normalized spacial score (nSPS) is 18.3. The van der Waals surface area contributed by atoms with E-state index in [-0.39, 0.29) is 15.1 Å². The number of benzene rings is 1. The van der Waals surface area contributed by atoms with Crippen molar-refractivity contribution in [3.05, 3.63) is 45.2 Å². The average molecular weight is 310 g/mol. The maximum atomic E-state index is 12.8. The van der Waals surface area contributed by atoms with Gasteiger partial charge in [-0.25, -0.2) is 8.42 Å². The van der Waals surface area contributed by atoms with Crippen LogP contribution in [0.15, 0.2) is 33.3 Å². The van der Waals surface area contributed by atoms with Crippen LogP contribution in [0.1, 0.15) is 18.2 Å². The summed E-state index contributed by atoms with van der Waals surface area (Å²) in [6.45, 7) is 3.49. The smallest absolute Gasteiger partial charge is 0.306 e. The molecule has 0 aliphatic carbocycles. The van der Waals surface area contributed by atoms with E-state index >= 15 is 0 Å². The van der Waals surface area contributed by atoms with E-state index in [0.717, 1.165) is 16.9 Å². The zero-order chi connectivity index (χ0) is 14.5. The van der Waals surface area contributed by atoms with Gasteiger partial charge in [0.1, 0.15) is 0 Å². The molecule has 0 fully saturated rings. The molecule has 5 nitrogen and oxygen atoms in total. The lowest BCUT2D eigenvalue weighted by Gasteiger charge is -2.23. The van der Waals surface area contributed by atoms with Gasteiger partial charge >= 0.3 is 4.87 Å². The van der Waals surface area contributed by atoms with Crippen molar-refractivity contribution >= 4 is 27.0 Å². The highest BCUT2D eigenvalue weighted by Crippen LogP contribution is 2.37. The molecule has 7 heteroatoms. The summed E-state index contributed by atoms with van der Waals surface area (Å²) in [5, 5.41) is 0. The Morgan fingerprint density at radius 3 is 2.70 bits per heavy atom. The average Bonchev–Trinajstić information content (AvgIpc) is 2.88. The number of nitrogens with zero attached hydrogens (tertiary/aromatic N) is 1. The molecule has 0 amide bonds. The number of aryl methyl sites for hydroxylation is 1. The fraction of sp³-hybridized carbons (Fsp3) is 0.308. The lowest BCUT2D eigenvalue weighted by atomic mass is 10.1. The summed E-state index contributed by atoms with van der Waals surface area (Å²) >= 11 is 0.744. The molecule has 1 aromatic heterocycles. The van der Waals surface area contributed by atoms with Gasteiger partial charge in [-0.3, -0.25) is 9.10 Å². The highest BCUT2D eigenvalue weighted by Gasteiger charge is 2.37. The van der Waals surface area contributed by atoms with E-state index in [0.29, 0.717) is 17.8 Å². The number of hydrogen-bond donors (Lipinski definition) is 1. The molecule has 2 aromatic rings. The van der Waals surface area contributed by atoms with Crippen LogP contribution in [0.4, 0.5) is 5.69 Å². The van der Waals surface area contributed by atoms with Crippen LogP contribution in [-0.4, -0.2) is 19.4 Å². The molecule has 0 radical (unpaired) electrons. The third-order valence-electron chi connectivity index (χ3n) is 3.42. The quantitative estimate of drug-likeness (QED) is 0.921. The number of fused-ring (bicyclic) bond motifs is 1. The topological polar surface area (TPSA) is 70.2 Å². The number of H-pyrrole nitrogens is 1. The van der Waals surface area contributed by atoms with E-state index < -0.39 is 10.0 Å². The van der Waals surface area contributed by atoms with E-state index in [1.807, 2.05) is 25.1 Å². The predicted octanol–water partition coefficient (Wildman–Crippen LogP) is 1.88. The van der Waals surface area contributed by atoms with Crippen LogP contribution in [0, 0.1) is 6.92 Å². The molecule has 0 spiro atoms. The second-order valence-electron chi connectivity index (χ2n) is 4.91. The molecule has 1 atom stereocenters. The van der Waals surface area contributed by atoms with Crippen LogP contribution in [0.25, 0.3) is 0 Å². The molecule has 20 heavy (non-hydrogen) atoms. The summed E-state index contributed by atoms with van der Waals surface area (Å²) in [5.41, 5.74) is 2.13. The van der Waals surface area contributed by atoms with E-state index in [4.69, 9.17) is 0 Å². The first-order valence-electron chi connectivity index (χ1n) is 6.23. The van der Waals surface area contributed by atoms with Gasteiger partial charge in [0, 0.05) is 11.7 Å². The number of aromatic amines is 1. The summed E-state index contributed by atoms with van der Waals surface area (Å²) < 4.78 is 27.2. The first-order valence-corrected chi connectivity index (χ1v) is 8.49. The van der Waals surface area contributed by atoms with Gasteiger partial charge in [-0.15, -0.1) is 0 Å². The summed E-state index contributed by atoms with van der Waals surface area (Å²) in [6.07, 6.45) is 0.688. The van der Waals surface area contributed by atoms with Crippen molar-refractivity contribution in [2.75, 3.05) is 4.31 Å². The fourth-order valence-corrected chi connectivity index (χ4v) is 5.70. The van der Waals surface area contributed by atoms with Crippen LogP contribution < -0.4 is 9.18 Å². The van der Waals surface area contributed by atoms with Crippen LogP contribution in [0.2, 0.25) is 0 Å². The molecule has 0 bridgehead atoms. The molecule has 3 rings (SSSR count). The fourth-order valence-electron chi connectivity index (χ4n) is 2.63. The molecule has 0 saturated heterocycles. The van der Waals surface area contributed by atoms with Gasteiger partial charge in [-0.05, 0) is 31.9 Å². The standard InChI is InChI=1S/C13H14N2O3S2/c1-8-7-10-5-3-4-6-11(10)15(8)20(17,18)12-9(2)14-13(16)19-12/h3-6,8H,7H2,1-2H3,(H,14,16). The molecule has 1 unspecified atom stereocenters. The summed E-state index contributed by atoms with van der Waals surface area (Å²) in [5.74, 6) is 0. The minimum Gasteiger partial charge on any atom is -0.315 e. The molecule has 2 heterocycles. The molecular weight excluding hydrogens is 296 g/mol. The second kappa shape index (κ2) is 4.46. The number of thiazole rings is 1. The molecule has 1 N–H and O–H groups in total. The Hall–Kier alpha value is -1.60. The number of para-hydroxylation sites is 1. The monoisotopic (exact) mass is 310 g/mol. The largest absolute Gasteiger partial charge is 0.315 e. The van der Waals surface area contributed by atoms with Gasteiger partial charge in [-0.2, -0.15) is 0 Å². The maximum Gasteiger partial charge on any atom is 0.306 e. The van der Waals surface area contributed by atoms with Crippen molar-refractivity contribution in [3.63, 3.8) is 0 Å². The lowest BCUT2D eigenvalue weighted by molar-refractivity contribution is 0.585. The first kappa shape index (κ1) is 13.4. The van der Waals surface area contributed by atoms with E-state index in [1.165, 1.54) is 4.31 Å². The zero-order valence-electron chi connectivity index (χ0n) is 11.1. The van der Waals surface area contributed by atoms with Crippen molar-refractivity contribution in [2.45, 2.75) is 30.5 Å². The van der Waals surface area contributed by atoms with E-state index in [2.05, 4.69) is 4.98 Å². The minimum absolute atomic E-state index is 0.103. The molecular formula is C13H14N2O3S2. The first-order chi connectivity index (χ1) is 9.41. The lowest BCUT2D eigenvalue weighted by Crippen LogP contribution is -2.35. The van der Waals surface area contributed by atoms with Gasteiger partial charge in [0.15, 0.2) is 4.21 Å². The SMILES string of the molecule is Cc1[nH]c(=O)sc1S(=O)(=O)N1c2ccccc2CC1C. The Bertz CT molecular complexity index is 820. The summed E-state index contributed by atoms with van der Waals surface area (Å²) in [6, 6.07) is 7.33. The van der Waals surface area contributed by atoms with Crippen molar-refractivity contribution in [2.24, 2.45) is 0 Å². The van der Waals surface area contributed by atoms with E-state index in [1.54, 1.807) is 13.0 Å². The van der Waals surface area contributed by atoms with Crippen molar-refractivity contribution < 1.29 is 8.42 Å². The number of hydrogen-bond acceptors (Lipinski definition) is 4. The van der Waals surface area contributed by atoms with Crippen molar-refractivity contribution in [1.82, 2.24) is 4.98 Å². The Morgan fingerprint density at radius 2 is 2.05 bits per heavy atom. The zero-order valence-corrected chi connectivity index (χ0v) is 12.7. The minimum atomic E-state index is -3.69. The molecule has 1 aliphatic heterocycles. The van der Waals surface area contributed by atoms with Gasteiger partial charge in [-0.1, -0.05) is 29.5 Å². The molecule has 1 aliphatic rings. The third kappa shape index (κ3) is 1.89. The van der Waals surface area contributed by atoms with Crippen LogP contribution in [0.5, 0.6) is 0 Å². The number of rotatable bonds is 2. The summed E-state index contributed by atoms with van der Waals surface area (Å²) in [4.78, 5) is 13.6. The van der Waals surface area contributed by atoms with Gasteiger partial charge in [0.25, 0.3) is 10.0 Å². The Labute approximate surface area is 120 Å². The van der Waals surface area contributed by atoms with Gasteiger partial charge in [0.2, 0.25) is 0 Å². The third-order valence-corrected chi connectivity index (χ3v) is 6.93. The second-order valence-corrected chi connectivity index (χ2v) is 7.90. The highest BCUT2D eigenvalue weighted by molar-refractivity contribution is 7.94. The Balaban J connectivity index is 2.18.